The first-order valence-corrected chi connectivity index (χ1v) is 7.57. The number of rotatable bonds is 4. The summed E-state index contributed by atoms with van der Waals surface area (Å²) in [5.41, 5.74) is 0.731. The van der Waals surface area contributed by atoms with Gasteiger partial charge in [0.25, 0.3) is 0 Å². The van der Waals surface area contributed by atoms with E-state index in [4.69, 9.17) is 0 Å². The Morgan fingerprint density at radius 3 is 2.67 bits per heavy atom. The molecule has 5 heteroatoms. The molecule has 0 spiro atoms. The van der Waals surface area contributed by atoms with Gasteiger partial charge in [-0.2, -0.15) is 0 Å². The molecular weight excluding hydrogens is 253 g/mol. The van der Waals surface area contributed by atoms with Crippen LogP contribution in [-0.2, 0) is 16.4 Å². The normalized spacial score (nSPS) is 12.4. The zero-order valence-electron chi connectivity index (χ0n) is 10.4. The smallest absolute Gasteiger partial charge is 0.154 e. The van der Waals surface area contributed by atoms with E-state index < -0.39 is 9.84 Å². The van der Waals surface area contributed by atoms with Crippen LogP contribution in [0.1, 0.15) is 13.8 Å². The molecule has 2 rings (SSSR count). The lowest BCUT2D eigenvalue weighted by Crippen LogP contribution is -2.20. The highest BCUT2D eigenvalue weighted by atomic mass is 32.2. The van der Waals surface area contributed by atoms with Gasteiger partial charge in [0, 0.05) is 12.7 Å². The first-order valence-electron chi connectivity index (χ1n) is 5.86. The van der Waals surface area contributed by atoms with Crippen LogP contribution in [0.5, 0.6) is 0 Å². The Bertz CT molecular complexity index is 659. The van der Waals surface area contributed by atoms with Crippen molar-refractivity contribution in [2.24, 2.45) is 0 Å². The molecule has 3 nitrogen and oxygen atoms in total. The van der Waals surface area contributed by atoms with Gasteiger partial charge in [0.15, 0.2) is 9.84 Å². The van der Waals surface area contributed by atoms with Gasteiger partial charge in [0.05, 0.1) is 16.5 Å². The molecule has 1 heterocycles. The van der Waals surface area contributed by atoms with Crippen molar-refractivity contribution in [2.75, 3.05) is 5.75 Å². The maximum Gasteiger partial charge on any atom is 0.154 e. The van der Waals surface area contributed by atoms with Crippen molar-refractivity contribution in [2.45, 2.75) is 25.6 Å². The lowest BCUT2D eigenvalue weighted by molar-refractivity contribution is 0.581. The second-order valence-corrected chi connectivity index (χ2v) is 7.30. The third-order valence-corrected chi connectivity index (χ3v) is 5.26. The fourth-order valence-electron chi connectivity index (χ4n) is 1.81. The van der Waals surface area contributed by atoms with Crippen LogP contribution < -0.4 is 0 Å². The van der Waals surface area contributed by atoms with Crippen LogP contribution in [-0.4, -0.2) is 24.0 Å². The summed E-state index contributed by atoms with van der Waals surface area (Å²) in [5.74, 6) is -0.237. The molecule has 0 unspecified atom stereocenters. The van der Waals surface area contributed by atoms with E-state index in [0.717, 1.165) is 10.9 Å². The molecular formula is C13H16FNO2S. The Morgan fingerprint density at radius 2 is 2.00 bits per heavy atom. The Morgan fingerprint density at radius 1 is 1.28 bits per heavy atom. The molecule has 98 valence electrons. The summed E-state index contributed by atoms with van der Waals surface area (Å²) in [6.45, 7) is 3.69. The molecule has 0 bridgehead atoms. The van der Waals surface area contributed by atoms with E-state index in [9.17, 15) is 12.8 Å². The van der Waals surface area contributed by atoms with E-state index in [1.807, 2.05) is 6.07 Å². The number of aryl methyl sites for hydroxylation is 1. The van der Waals surface area contributed by atoms with Crippen LogP contribution in [0.25, 0.3) is 10.9 Å². The maximum absolute atomic E-state index is 13.2. The molecule has 0 N–H and O–H groups in total. The van der Waals surface area contributed by atoms with Gasteiger partial charge in [0.2, 0.25) is 0 Å². The van der Waals surface area contributed by atoms with Crippen molar-refractivity contribution in [1.29, 1.82) is 0 Å². The Hall–Kier alpha value is -1.36. The highest BCUT2D eigenvalue weighted by molar-refractivity contribution is 7.91. The minimum atomic E-state index is -3.07. The second-order valence-electron chi connectivity index (χ2n) is 4.63. The summed E-state index contributed by atoms with van der Waals surface area (Å²) in [6, 6.07) is 6.38. The molecule has 0 aliphatic carbocycles. The van der Waals surface area contributed by atoms with Crippen LogP contribution in [0.3, 0.4) is 0 Å². The van der Waals surface area contributed by atoms with Crippen LogP contribution in [0.4, 0.5) is 4.39 Å². The number of hydrogen-bond acceptors (Lipinski definition) is 2. The largest absolute Gasteiger partial charge is 0.346 e. The van der Waals surface area contributed by atoms with Crippen LogP contribution in [0.2, 0.25) is 0 Å². The second kappa shape index (κ2) is 4.72. The Balaban J connectivity index is 2.25. The van der Waals surface area contributed by atoms with Gasteiger partial charge in [0.1, 0.15) is 5.82 Å². The molecule has 18 heavy (non-hydrogen) atoms. The van der Waals surface area contributed by atoms with Crippen molar-refractivity contribution in [3.8, 4) is 0 Å². The molecule has 2 aromatic rings. The van der Waals surface area contributed by atoms with Crippen LogP contribution in [0.15, 0.2) is 30.5 Å². The number of nitrogens with zero attached hydrogens (tertiary/aromatic N) is 1. The van der Waals surface area contributed by atoms with Gasteiger partial charge in [-0.25, -0.2) is 12.8 Å². The predicted molar refractivity (Wildman–Crippen MR) is 70.8 cm³/mol. The van der Waals surface area contributed by atoms with Crippen LogP contribution >= 0.6 is 0 Å². The quantitative estimate of drug-likeness (QED) is 0.856. The number of aromatic nitrogens is 1. The zero-order chi connectivity index (χ0) is 13.3. The van der Waals surface area contributed by atoms with Crippen molar-refractivity contribution >= 4 is 20.7 Å². The lowest BCUT2D eigenvalue weighted by atomic mass is 10.2. The molecule has 0 aliphatic heterocycles. The molecule has 1 aromatic heterocycles. The summed E-state index contributed by atoms with van der Waals surface area (Å²) >= 11 is 0. The first-order chi connectivity index (χ1) is 8.40. The molecule has 0 aliphatic rings. The average Bonchev–Trinajstić information content (AvgIpc) is 2.68. The van der Waals surface area contributed by atoms with E-state index in [1.165, 1.54) is 12.1 Å². The topological polar surface area (TPSA) is 39.1 Å². The number of benzene rings is 1. The van der Waals surface area contributed by atoms with E-state index in [-0.39, 0.29) is 16.8 Å². The number of sulfone groups is 1. The maximum atomic E-state index is 13.2. The summed E-state index contributed by atoms with van der Waals surface area (Å²) in [7, 11) is -3.07. The molecule has 0 fully saturated rings. The van der Waals surface area contributed by atoms with Gasteiger partial charge < -0.3 is 4.57 Å². The number of halogens is 1. The van der Waals surface area contributed by atoms with Crippen molar-refractivity contribution in [3.63, 3.8) is 0 Å². The molecule has 0 amide bonds. The van der Waals surface area contributed by atoms with Gasteiger partial charge in [-0.3, -0.25) is 0 Å². The van der Waals surface area contributed by atoms with E-state index in [1.54, 1.807) is 30.7 Å². The van der Waals surface area contributed by atoms with Gasteiger partial charge in [-0.05, 0) is 43.5 Å². The van der Waals surface area contributed by atoms with Crippen molar-refractivity contribution in [3.05, 3.63) is 36.3 Å². The Kier molecular flexibility index (Phi) is 3.43. The SMILES string of the molecule is CC(C)S(=O)(=O)CCn1ccc2ccc(F)cc21. The molecule has 0 saturated heterocycles. The van der Waals surface area contributed by atoms with Gasteiger partial charge in [-0.15, -0.1) is 0 Å². The fourth-order valence-corrected chi connectivity index (χ4v) is 2.74. The van der Waals surface area contributed by atoms with Crippen molar-refractivity contribution in [1.82, 2.24) is 4.57 Å². The highest BCUT2D eigenvalue weighted by Gasteiger charge is 2.16. The third-order valence-electron chi connectivity index (χ3n) is 3.07. The standard InChI is InChI=1S/C13H16FNO2S/c1-10(2)18(16,17)8-7-15-6-5-11-3-4-12(14)9-13(11)15/h3-6,9-10H,7-8H2,1-2H3. The molecule has 0 radical (unpaired) electrons. The number of fused-ring (bicyclic) bond motifs is 1. The fraction of sp³-hybridized carbons (Fsp3) is 0.385. The van der Waals surface area contributed by atoms with E-state index >= 15 is 0 Å². The third kappa shape index (κ3) is 2.56. The minimum absolute atomic E-state index is 0.0744. The van der Waals surface area contributed by atoms with E-state index in [2.05, 4.69) is 0 Å². The first kappa shape index (κ1) is 13.1. The van der Waals surface area contributed by atoms with Crippen LogP contribution in [0, 0.1) is 5.82 Å². The molecule has 1 aromatic carbocycles. The highest BCUT2D eigenvalue weighted by Crippen LogP contribution is 2.17. The summed E-state index contributed by atoms with van der Waals surface area (Å²) in [4.78, 5) is 0. The Labute approximate surface area is 106 Å². The summed E-state index contributed by atoms with van der Waals surface area (Å²) in [5, 5.41) is 0.536. The summed E-state index contributed by atoms with van der Waals surface area (Å²) < 4.78 is 38.4. The molecule has 0 atom stereocenters. The monoisotopic (exact) mass is 269 g/mol. The zero-order valence-corrected chi connectivity index (χ0v) is 11.2. The summed E-state index contributed by atoms with van der Waals surface area (Å²) in [6.07, 6.45) is 1.79. The predicted octanol–water partition coefficient (Wildman–Crippen LogP) is 2.60. The lowest BCUT2D eigenvalue weighted by Gasteiger charge is -2.09. The van der Waals surface area contributed by atoms with E-state index in [0.29, 0.717) is 6.54 Å². The van der Waals surface area contributed by atoms with Crippen molar-refractivity contribution < 1.29 is 12.8 Å². The van der Waals surface area contributed by atoms with Gasteiger partial charge >= 0.3 is 0 Å². The minimum Gasteiger partial charge on any atom is -0.346 e. The molecule has 0 saturated carbocycles. The average molecular weight is 269 g/mol. The number of hydrogen-bond donors (Lipinski definition) is 0. The van der Waals surface area contributed by atoms with Gasteiger partial charge in [-0.1, -0.05) is 0 Å².